The van der Waals surface area contributed by atoms with Gasteiger partial charge in [0.25, 0.3) is 5.91 Å². The molecular weight excluding hydrogens is 518 g/mol. The van der Waals surface area contributed by atoms with Gasteiger partial charge in [-0.05, 0) is 48.7 Å². The molecule has 3 aromatic rings. The number of rotatable bonds is 6. The van der Waals surface area contributed by atoms with E-state index in [1.807, 2.05) is 11.0 Å². The monoisotopic (exact) mass is 542 g/mol. The highest BCUT2D eigenvalue weighted by Crippen LogP contribution is 2.33. The van der Waals surface area contributed by atoms with Gasteiger partial charge >= 0.3 is 0 Å². The highest BCUT2D eigenvalue weighted by atomic mass is 35.5. The molecule has 0 atom stereocenters. The van der Waals surface area contributed by atoms with Gasteiger partial charge in [-0.1, -0.05) is 35.3 Å². The third-order valence-electron chi connectivity index (χ3n) is 6.64. The van der Waals surface area contributed by atoms with Crippen molar-refractivity contribution in [1.82, 2.24) is 15.1 Å². The average molecular weight is 543 g/mol. The van der Waals surface area contributed by atoms with Gasteiger partial charge in [-0.2, -0.15) is 5.10 Å². The molecule has 1 saturated heterocycles. The maximum atomic E-state index is 14.1. The van der Waals surface area contributed by atoms with Crippen LogP contribution in [0.15, 0.2) is 42.5 Å². The number of ketones is 1. The van der Waals surface area contributed by atoms with E-state index in [1.165, 1.54) is 12.1 Å². The Bertz CT molecular complexity index is 1350. The van der Waals surface area contributed by atoms with Gasteiger partial charge in [-0.25, -0.2) is 4.39 Å². The van der Waals surface area contributed by atoms with Crippen molar-refractivity contribution in [2.45, 2.75) is 25.8 Å². The van der Waals surface area contributed by atoms with E-state index in [-0.39, 0.29) is 35.4 Å². The van der Waals surface area contributed by atoms with Gasteiger partial charge in [0, 0.05) is 48.7 Å². The summed E-state index contributed by atoms with van der Waals surface area (Å²) in [5, 5.41) is 8.87. The normalized spacial score (nSPS) is 15.4. The molecule has 0 N–H and O–H groups in total. The molecule has 0 radical (unpaired) electrons. The zero-order valence-corrected chi connectivity index (χ0v) is 21.6. The number of carbonyl (C=O) groups is 2. The van der Waals surface area contributed by atoms with Crippen LogP contribution in [-0.4, -0.2) is 59.6 Å². The van der Waals surface area contributed by atoms with Crippen LogP contribution in [0.5, 0.6) is 0 Å². The zero-order valence-electron chi connectivity index (χ0n) is 20.1. The van der Waals surface area contributed by atoms with Gasteiger partial charge in [0.1, 0.15) is 11.5 Å². The summed E-state index contributed by atoms with van der Waals surface area (Å²) in [5.41, 5.74) is 3.51. The quantitative estimate of drug-likeness (QED) is 0.329. The lowest BCUT2D eigenvalue weighted by Crippen LogP contribution is -2.40. The molecule has 0 bridgehead atoms. The number of fused-ring (bicyclic) bond motifs is 1. The Morgan fingerprint density at radius 3 is 2.65 bits per heavy atom. The van der Waals surface area contributed by atoms with Crippen molar-refractivity contribution in [1.29, 1.82) is 0 Å². The molecule has 0 saturated carbocycles. The number of nitrogens with zero attached hydrogens (tertiary/aromatic N) is 4. The highest BCUT2D eigenvalue weighted by Gasteiger charge is 2.24. The number of Topliss-reactive ketones (excluding diaryl/α,β-unsaturated/α-hetero) is 1. The molecule has 1 amide bonds. The first kappa shape index (κ1) is 25.6. The third-order valence-corrected chi connectivity index (χ3v) is 7.40. The Morgan fingerprint density at radius 2 is 1.84 bits per heavy atom. The van der Waals surface area contributed by atoms with Crippen molar-refractivity contribution < 1.29 is 18.7 Å². The third kappa shape index (κ3) is 5.61. The fourth-order valence-corrected chi connectivity index (χ4v) is 5.15. The summed E-state index contributed by atoms with van der Waals surface area (Å²) in [5.74, 6) is -0.813. The first-order valence-corrected chi connectivity index (χ1v) is 12.9. The van der Waals surface area contributed by atoms with Gasteiger partial charge in [0.05, 0.1) is 29.6 Å². The minimum atomic E-state index is -0.531. The summed E-state index contributed by atoms with van der Waals surface area (Å²) >= 11 is 12.5. The number of aryl methyl sites for hydroxylation is 1. The van der Waals surface area contributed by atoms with Crippen LogP contribution in [-0.2, 0) is 24.1 Å². The second-order valence-corrected chi connectivity index (χ2v) is 9.90. The minimum Gasteiger partial charge on any atom is -0.378 e. The number of morpholine rings is 1. The molecule has 1 fully saturated rings. The molecule has 0 spiro atoms. The number of ether oxygens (including phenoxy) is 1. The van der Waals surface area contributed by atoms with Crippen molar-refractivity contribution in [3.05, 3.63) is 86.4 Å². The van der Waals surface area contributed by atoms with E-state index in [4.69, 9.17) is 27.9 Å². The van der Waals surface area contributed by atoms with Gasteiger partial charge < -0.3 is 14.5 Å². The van der Waals surface area contributed by atoms with E-state index in [0.717, 1.165) is 29.8 Å². The van der Waals surface area contributed by atoms with Gasteiger partial charge in [-0.3, -0.25) is 9.59 Å². The Labute approximate surface area is 224 Å². The number of anilines is 1. The van der Waals surface area contributed by atoms with Crippen LogP contribution in [0.4, 0.5) is 10.1 Å². The largest absolute Gasteiger partial charge is 0.378 e. The van der Waals surface area contributed by atoms with E-state index in [0.29, 0.717) is 49.0 Å². The summed E-state index contributed by atoms with van der Waals surface area (Å²) < 4.78 is 19.4. The van der Waals surface area contributed by atoms with Crippen LogP contribution >= 0.6 is 23.2 Å². The van der Waals surface area contributed by atoms with Crippen LogP contribution in [0.3, 0.4) is 0 Å². The molecule has 192 valence electrons. The summed E-state index contributed by atoms with van der Waals surface area (Å²) in [6.07, 6.45) is 1.65. The topological polar surface area (TPSA) is 75.6 Å². The van der Waals surface area contributed by atoms with E-state index < -0.39 is 5.82 Å². The lowest BCUT2D eigenvalue weighted by atomic mass is 10.0. The van der Waals surface area contributed by atoms with E-state index in [9.17, 15) is 14.0 Å². The maximum Gasteiger partial charge on any atom is 0.254 e. The van der Waals surface area contributed by atoms with Crippen molar-refractivity contribution in [3.8, 4) is 0 Å². The highest BCUT2D eigenvalue weighted by molar-refractivity contribution is 6.36. The predicted molar refractivity (Wildman–Crippen MR) is 139 cm³/mol. The molecule has 2 aliphatic heterocycles. The van der Waals surface area contributed by atoms with Gasteiger partial charge in [0.15, 0.2) is 5.78 Å². The van der Waals surface area contributed by atoms with Crippen molar-refractivity contribution in [2.75, 3.05) is 37.7 Å². The van der Waals surface area contributed by atoms with Crippen LogP contribution < -0.4 is 4.90 Å². The Balaban J connectivity index is 1.34. The number of halogens is 3. The zero-order chi connectivity index (χ0) is 25.9. The maximum absolute atomic E-state index is 14.1. The van der Waals surface area contributed by atoms with E-state index in [1.54, 1.807) is 29.2 Å². The lowest BCUT2D eigenvalue weighted by molar-refractivity contribution is 0.0303. The number of hydrogen-bond donors (Lipinski definition) is 0. The van der Waals surface area contributed by atoms with Crippen molar-refractivity contribution in [2.24, 2.45) is 0 Å². The Morgan fingerprint density at radius 1 is 1.03 bits per heavy atom. The smallest absolute Gasteiger partial charge is 0.254 e. The number of aromatic nitrogens is 2. The molecule has 7 nitrogen and oxygen atoms in total. The molecule has 37 heavy (non-hydrogen) atoms. The molecule has 0 aliphatic carbocycles. The summed E-state index contributed by atoms with van der Waals surface area (Å²) in [6, 6.07) is 11.6. The fraction of sp³-hybridized carbons (Fsp3) is 0.333. The Kier molecular flexibility index (Phi) is 7.69. The number of amides is 1. The second-order valence-electron chi connectivity index (χ2n) is 9.11. The number of hydrogen-bond acceptors (Lipinski definition) is 6. The first-order chi connectivity index (χ1) is 17.9. The van der Waals surface area contributed by atoms with Crippen LogP contribution in [0, 0.1) is 5.82 Å². The lowest BCUT2D eigenvalue weighted by Gasteiger charge is -2.31. The minimum absolute atomic E-state index is 0.00977. The number of carbonyl (C=O) groups excluding carboxylic acids is 2. The van der Waals surface area contributed by atoms with E-state index in [2.05, 4.69) is 10.2 Å². The molecular formula is C27H25Cl2FN4O3. The first-order valence-electron chi connectivity index (χ1n) is 12.1. The SMILES string of the molecule is O=C(Cc1cccc(C(=O)N2CCOCC2)c1)c1cc2c(nn1)CCCN2Cc1c(Cl)ccc(F)c1Cl. The second kappa shape index (κ2) is 11.1. The van der Waals surface area contributed by atoms with E-state index >= 15 is 0 Å². The summed E-state index contributed by atoms with van der Waals surface area (Å²) in [7, 11) is 0. The average Bonchev–Trinajstić information content (AvgIpc) is 2.93. The van der Waals surface area contributed by atoms with Crippen molar-refractivity contribution >= 4 is 40.6 Å². The summed E-state index contributed by atoms with van der Waals surface area (Å²) in [4.78, 5) is 29.8. The molecule has 3 heterocycles. The van der Waals surface area contributed by atoms with Crippen molar-refractivity contribution in [3.63, 3.8) is 0 Å². The Hall–Kier alpha value is -3.07. The predicted octanol–water partition coefficient (Wildman–Crippen LogP) is 4.77. The fourth-order valence-electron chi connectivity index (χ4n) is 4.66. The van der Waals surface area contributed by atoms with Gasteiger partial charge in [-0.15, -0.1) is 5.10 Å². The molecule has 10 heteroatoms. The molecule has 1 aromatic heterocycles. The van der Waals surface area contributed by atoms with Gasteiger partial charge in [0.2, 0.25) is 0 Å². The molecule has 2 aliphatic rings. The number of benzene rings is 2. The van der Waals surface area contributed by atoms with Crippen LogP contribution in [0.1, 0.15) is 44.1 Å². The molecule has 2 aromatic carbocycles. The van der Waals surface area contributed by atoms with Crippen LogP contribution in [0.2, 0.25) is 10.0 Å². The molecule has 0 unspecified atom stereocenters. The molecule has 5 rings (SSSR count). The standard InChI is InChI=1S/C27H25Cl2FN4O3/c28-20-6-7-21(30)26(29)19(20)16-34-8-2-5-22-24(34)15-23(32-31-22)25(35)14-17-3-1-4-18(13-17)27(36)33-9-11-37-12-10-33/h1,3-4,6-7,13,15H,2,5,8-12,14,16H2. The summed E-state index contributed by atoms with van der Waals surface area (Å²) in [6.45, 7) is 3.12. The van der Waals surface area contributed by atoms with Crippen LogP contribution in [0.25, 0.3) is 0 Å².